The Kier molecular flexibility index (Phi) is 3.70. The van der Waals surface area contributed by atoms with Crippen LogP contribution in [-0.4, -0.2) is 36.5 Å². The highest BCUT2D eigenvalue weighted by molar-refractivity contribution is 7.98. The number of anilines is 1. The Bertz CT molecular complexity index is 311. The Balaban J connectivity index is 3.07. The minimum Gasteiger partial charge on any atom is -0.372 e. The van der Waals surface area contributed by atoms with E-state index in [0.717, 1.165) is 16.5 Å². The molecule has 0 aliphatic heterocycles. The minimum absolute atomic E-state index is 0.762. The van der Waals surface area contributed by atoms with E-state index in [4.69, 9.17) is 0 Å². The summed E-state index contributed by atoms with van der Waals surface area (Å²) in [5, 5.41) is 3.76. The molecule has 5 heteroatoms. The molecule has 0 aliphatic carbocycles. The Morgan fingerprint density at radius 3 is 2.92 bits per heavy atom. The monoisotopic (exact) mass is 196 g/mol. The second-order valence-corrected chi connectivity index (χ2v) is 3.07. The Morgan fingerprint density at radius 2 is 2.38 bits per heavy atom. The van der Waals surface area contributed by atoms with Gasteiger partial charge in [0.15, 0.2) is 5.16 Å². The van der Waals surface area contributed by atoms with Crippen molar-refractivity contribution in [1.29, 1.82) is 0 Å². The lowest BCUT2D eigenvalue weighted by Crippen LogP contribution is -2.00. The van der Waals surface area contributed by atoms with Gasteiger partial charge in [0.2, 0.25) is 0 Å². The first-order valence-corrected chi connectivity index (χ1v) is 5.05. The lowest BCUT2D eigenvalue weighted by molar-refractivity contribution is 0.969. The lowest BCUT2D eigenvalue weighted by atomic mass is 10.3. The van der Waals surface area contributed by atoms with Gasteiger partial charge in [-0.05, 0) is 6.26 Å². The molecule has 0 amide bonds. The average Bonchev–Trinajstić information content (AvgIpc) is 2.19. The van der Waals surface area contributed by atoms with Crippen molar-refractivity contribution < 1.29 is 0 Å². The van der Waals surface area contributed by atoms with Crippen molar-refractivity contribution in [2.75, 3.05) is 25.7 Å². The number of hydrogen-bond donors (Lipinski definition) is 1. The lowest BCUT2D eigenvalue weighted by Gasteiger charge is -2.03. The van der Waals surface area contributed by atoms with Crippen LogP contribution in [0.2, 0.25) is 0 Å². The number of nitrogens with one attached hydrogen (secondary N) is 1. The molecular formula is C8H12N4S. The summed E-state index contributed by atoms with van der Waals surface area (Å²) in [7, 11) is 3.56. The van der Waals surface area contributed by atoms with E-state index in [9.17, 15) is 0 Å². The van der Waals surface area contributed by atoms with Gasteiger partial charge in [-0.15, -0.1) is 0 Å². The van der Waals surface area contributed by atoms with Crippen molar-refractivity contribution in [1.82, 2.24) is 9.97 Å². The van der Waals surface area contributed by atoms with E-state index < -0.39 is 0 Å². The molecule has 1 rings (SSSR count). The molecular weight excluding hydrogens is 184 g/mol. The van der Waals surface area contributed by atoms with Crippen molar-refractivity contribution in [2.45, 2.75) is 5.16 Å². The molecule has 0 radical (unpaired) electrons. The topological polar surface area (TPSA) is 50.2 Å². The zero-order chi connectivity index (χ0) is 9.68. The SMILES string of the molecule is CN=Cc1cnc(SC)nc1NC. The maximum Gasteiger partial charge on any atom is 0.189 e. The van der Waals surface area contributed by atoms with Gasteiger partial charge in [-0.3, -0.25) is 4.99 Å². The van der Waals surface area contributed by atoms with Gasteiger partial charge < -0.3 is 5.32 Å². The van der Waals surface area contributed by atoms with Gasteiger partial charge in [-0.25, -0.2) is 9.97 Å². The summed E-state index contributed by atoms with van der Waals surface area (Å²) in [5.74, 6) is 0.810. The Labute approximate surface area is 81.9 Å². The van der Waals surface area contributed by atoms with Crippen LogP contribution < -0.4 is 5.32 Å². The number of aromatic nitrogens is 2. The van der Waals surface area contributed by atoms with E-state index in [0.29, 0.717) is 0 Å². The molecule has 4 nitrogen and oxygen atoms in total. The second kappa shape index (κ2) is 4.81. The van der Waals surface area contributed by atoms with Crippen molar-refractivity contribution >= 4 is 23.8 Å². The maximum atomic E-state index is 4.28. The van der Waals surface area contributed by atoms with Crippen LogP contribution in [0.15, 0.2) is 16.3 Å². The highest BCUT2D eigenvalue weighted by Gasteiger charge is 2.02. The summed E-state index contributed by atoms with van der Waals surface area (Å²) < 4.78 is 0. The highest BCUT2D eigenvalue weighted by atomic mass is 32.2. The van der Waals surface area contributed by atoms with Crippen LogP contribution in [0.3, 0.4) is 0 Å². The molecule has 0 bridgehead atoms. The molecule has 1 aromatic heterocycles. The molecule has 0 aliphatic rings. The van der Waals surface area contributed by atoms with Gasteiger partial charge in [0.05, 0.1) is 5.56 Å². The van der Waals surface area contributed by atoms with E-state index in [1.807, 2.05) is 13.3 Å². The van der Waals surface area contributed by atoms with E-state index in [1.165, 1.54) is 11.8 Å². The predicted molar refractivity (Wildman–Crippen MR) is 56.9 cm³/mol. The molecule has 0 unspecified atom stereocenters. The highest BCUT2D eigenvalue weighted by Crippen LogP contribution is 2.14. The van der Waals surface area contributed by atoms with Crippen LogP contribution in [0.25, 0.3) is 0 Å². The zero-order valence-electron chi connectivity index (χ0n) is 7.90. The standard InChI is InChI=1S/C8H12N4S/c1-9-4-6-5-11-8(13-3)12-7(6)10-2/h4-5H,1-3H3,(H,10,11,12). The summed E-state index contributed by atoms with van der Waals surface area (Å²) in [4.78, 5) is 12.3. The van der Waals surface area contributed by atoms with Crippen molar-refractivity contribution in [3.63, 3.8) is 0 Å². The van der Waals surface area contributed by atoms with Crippen LogP contribution in [0.4, 0.5) is 5.82 Å². The number of hydrogen-bond acceptors (Lipinski definition) is 5. The molecule has 0 saturated heterocycles. The summed E-state index contributed by atoms with van der Waals surface area (Å²) in [6.45, 7) is 0. The third-order valence-electron chi connectivity index (χ3n) is 1.48. The van der Waals surface area contributed by atoms with Gasteiger partial charge in [0.25, 0.3) is 0 Å². The van der Waals surface area contributed by atoms with Crippen LogP contribution in [0.1, 0.15) is 5.56 Å². The molecule has 0 fully saturated rings. The molecule has 0 spiro atoms. The van der Waals surface area contributed by atoms with E-state index >= 15 is 0 Å². The number of aliphatic imine (C=N–C) groups is 1. The summed E-state index contributed by atoms with van der Waals surface area (Å²) in [5.41, 5.74) is 0.905. The molecule has 0 atom stereocenters. The number of rotatable bonds is 3. The van der Waals surface area contributed by atoms with Crippen molar-refractivity contribution in [2.24, 2.45) is 4.99 Å². The Hall–Kier alpha value is -1.10. The van der Waals surface area contributed by atoms with E-state index in [1.54, 1.807) is 19.5 Å². The molecule has 0 aromatic carbocycles. The smallest absolute Gasteiger partial charge is 0.189 e. The predicted octanol–water partition coefficient (Wildman–Crippen LogP) is 1.29. The second-order valence-electron chi connectivity index (χ2n) is 2.30. The molecule has 13 heavy (non-hydrogen) atoms. The van der Waals surface area contributed by atoms with E-state index in [-0.39, 0.29) is 0 Å². The first kappa shape index (κ1) is 9.98. The Morgan fingerprint density at radius 1 is 1.62 bits per heavy atom. The fourth-order valence-electron chi connectivity index (χ4n) is 0.907. The quantitative estimate of drug-likeness (QED) is 0.449. The zero-order valence-corrected chi connectivity index (χ0v) is 8.72. The molecule has 70 valence electrons. The molecule has 0 saturated carbocycles. The maximum absolute atomic E-state index is 4.28. The fourth-order valence-corrected chi connectivity index (χ4v) is 1.25. The van der Waals surface area contributed by atoms with Gasteiger partial charge in [-0.2, -0.15) is 0 Å². The molecule has 1 heterocycles. The van der Waals surface area contributed by atoms with Gasteiger partial charge in [0.1, 0.15) is 5.82 Å². The molecule has 1 N–H and O–H groups in total. The summed E-state index contributed by atoms with van der Waals surface area (Å²) in [6, 6.07) is 0. The third-order valence-corrected chi connectivity index (χ3v) is 2.04. The van der Waals surface area contributed by atoms with E-state index in [2.05, 4.69) is 20.3 Å². The third kappa shape index (κ3) is 2.42. The van der Waals surface area contributed by atoms with Gasteiger partial charge >= 0.3 is 0 Å². The average molecular weight is 196 g/mol. The summed E-state index contributed by atoms with van der Waals surface area (Å²) >= 11 is 1.52. The number of thioether (sulfide) groups is 1. The van der Waals surface area contributed by atoms with Crippen LogP contribution >= 0.6 is 11.8 Å². The van der Waals surface area contributed by atoms with Gasteiger partial charge in [-0.1, -0.05) is 11.8 Å². The summed E-state index contributed by atoms with van der Waals surface area (Å²) in [6.07, 6.45) is 5.44. The van der Waals surface area contributed by atoms with Crippen molar-refractivity contribution in [3.05, 3.63) is 11.8 Å². The van der Waals surface area contributed by atoms with Crippen LogP contribution in [-0.2, 0) is 0 Å². The first-order chi connectivity index (χ1) is 6.31. The largest absolute Gasteiger partial charge is 0.372 e. The van der Waals surface area contributed by atoms with Crippen LogP contribution in [0.5, 0.6) is 0 Å². The van der Waals surface area contributed by atoms with Crippen LogP contribution in [0, 0.1) is 0 Å². The number of nitrogens with zero attached hydrogens (tertiary/aromatic N) is 3. The van der Waals surface area contributed by atoms with Crippen molar-refractivity contribution in [3.8, 4) is 0 Å². The van der Waals surface area contributed by atoms with Gasteiger partial charge in [0, 0.05) is 26.5 Å². The first-order valence-electron chi connectivity index (χ1n) is 3.82. The molecule has 1 aromatic rings. The normalized spacial score (nSPS) is 10.7. The fraction of sp³-hybridized carbons (Fsp3) is 0.375. The minimum atomic E-state index is 0.762.